The van der Waals surface area contributed by atoms with E-state index in [2.05, 4.69) is 20.6 Å². The largest absolute Gasteiger partial charge is 0.475 e. The highest BCUT2D eigenvalue weighted by molar-refractivity contribution is 5.79. The van der Waals surface area contributed by atoms with E-state index in [-0.39, 0.29) is 0 Å². The number of ether oxygens (including phenoxy) is 4. The molecular weight excluding hydrogens is 360 g/mol. The van der Waals surface area contributed by atoms with Crippen molar-refractivity contribution in [2.45, 2.75) is 13.0 Å². The Morgan fingerprint density at radius 1 is 1.18 bits per heavy atom. The molecule has 0 radical (unpaired) electrons. The number of nitrogens with zero attached hydrogens (tertiary/aromatic N) is 2. The third-order valence-electron chi connectivity index (χ3n) is 4.19. The van der Waals surface area contributed by atoms with Gasteiger partial charge in [-0.1, -0.05) is 12.1 Å². The van der Waals surface area contributed by atoms with Crippen LogP contribution in [-0.2, 0) is 17.7 Å². The van der Waals surface area contributed by atoms with Crippen molar-refractivity contribution >= 4 is 5.96 Å². The molecule has 28 heavy (non-hydrogen) atoms. The zero-order chi connectivity index (χ0) is 19.6. The average molecular weight is 386 g/mol. The molecule has 0 aliphatic carbocycles. The molecule has 3 rings (SSSR count). The first-order valence-electron chi connectivity index (χ1n) is 9.19. The zero-order valence-electron chi connectivity index (χ0n) is 16.2. The summed E-state index contributed by atoms with van der Waals surface area (Å²) in [6.07, 6.45) is 2.56. The standard InChI is InChI=1S/C20H26N4O4/c1-21-20(23-9-7-15-5-6-17-18(12-15)28-14-27-17)24-13-16-4-3-8-22-19(16)26-11-10-25-2/h3-6,8,12H,7,9-11,13-14H2,1-2H3,(H2,21,23,24). The van der Waals surface area contributed by atoms with E-state index in [9.17, 15) is 0 Å². The summed E-state index contributed by atoms with van der Waals surface area (Å²) in [6, 6.07) is 9.86. The van der Waals surface area contributed by atoms with Crippen molar-refractivity contribution in [1.29, 1.82) is 0 Å². The van der Waals surface area contributed by atoms with Crippen LogP contribution in [0.5, 0.6) is 17.4 Å². The molecule has 150 valence electrons. The Hall–Kier alpha value is -3.00. The highest BCUT2D eigenvalue weighted by atomic mass is 16.7. The summed E-state index contributed by atoms with van der Waals surface area (Å²) in [5.74, 6) is 2.92. The minimum atomic E-state index is 0.291. The van der Waals surface area contributed by atoms with Crippen LogP contribution in [0, 0.1) is 0 Å². The van der Waals surface area contributed by atoms with Crippen LogP contribution in [0.25, 0.3) is 0 Å². The molecule has 1 aliphatic heterocycles. The molecule has 0 bridgehead atoms. The van der Waals surface area contributed by atoms with Crippen LogP contribution in [0.1, 0.15) is 11.1 Å². The third kappa shape index (κ3) is 5.50. The molecule has 2 N–H and O–H groups in total. The number of aromatic nitrogens is 1. The van der Waals surface area contributed by atoms with Gasteiger partial charge in [-0.15, -0.1) is 0 Å². The van der Waals surface area contributed by atoms with Gasteiger partial charge in [-0.25, -0.2) is 4.98 Å². The second-order valence-electron chi connectivity index (χ2n) is 6.10. The normalized spacial score (nSPS) is 12.7. The van der Waals surface area contributed by atoms with E-state index in [1.165, 1.54) is 5.56 Å². The lowest BCUT2D eigenvalue weighted by molar-refractivity contribution is 0.143. The Morgan fingerprint density at radius 2 is 2.07 bits per heavy atom. The predicted molar refractivity (Wildman–Crippen MR) is 106 cm³/mol. The lowest BCUT2D eigenvalue weighted by atomic mass is 10.1. The van der Waals surface area contributed by atoms with Gasteiger partial charge in [0.05, 0.1) is 6.61 Å². The van der Waals surface area contributed by atoms with Gasteiger partial charge < -0.3 is 29.6 Å². The Labute approximate surface area is 164 Å². The van der Waals surface area contributed by atoms with Gasteiger partial charge in [0, 0.05) is 39.0 Å². The number of hydrogen-bond donors (Lipinski definition) is 2. The van der Waals surface area contributed by atoms with Crippen LogP contribution in [0.3, 0.4) is 0 Å². The second-order valence-corrected chi connectivity index (χ2v) is 6.10. The number of nitrogens with one attached hydrogen (secondary N) is 2. The number of pyridine rings is 1. The summed E-state index contributed by atoms with van der Waals surface area (Å²) in [5, 5.41) is 6.60. The van der Waals surface area contributed by atoms with Crippen LogP contribution >= 0.6 is 0 Å². The smallest absolute Gasteiger partial charge is 0.231 e. The Kier molecular flexibility index (Phi) is 7.31. The van der Waals surface area contributed by atoms with E-state index in [0.717, 1.165) is 30.0 Å². The first-order valence-corrected chi connectivity index (χ1v) is 9.19. The zero-order valence-corrected chi connectivity index (χ0v) is 16.2. The van der Waals surface area contributed by atoms with Gasteiger partial charge in [0.1, 0.15) is 6.61 Å². The van der Waals surface area contributed by atoms with Gasteiger partial charge in [0.15, 0.2) is 17.5 Å². The van der Waals surface area contributed by atoms with E-state index in [0.29, 0.717) is 38.4 Å². The Bertz CT molecular complexity index is 798. The summed E-state index contributed by atoms with van der Waals surface area (Å²) in [5.41, 5.74) is 2.13. The van der Waals surface area contributed by atoms with Gasteiger partial charge in [-0.05, 0) is 30.2 Å². The number of methoxy groups -OCH3 is 1. The number of rotatable bonds is 9. The van der Waals surface area contributed by atoms with Crippen LogP contribution in [0.4, 0.5) is 0 Å². The molecule has 1 aliphatic rings. The highest BCUT2D eigenvalue weighted by Gasteiger charge is 2.13. The van der Waals surface area contributed by atoms with Crippen molar-refractivity contribution in [2.24, 2.45) is 4.99 Å². The lowest BCUT2D eigenvalue weighted by Gasteiger charge is -2.14. The first kappa shape index (κ1) is 19.8. The van der Waals surface area contributed by atoms with Crippen molar-refractivity contribution in [3.8, 4) is 17.4 Å². The minimum Gasteiger partial charge on any atom is -0.475 e. The summed E-state index contributed by atoms with van der Waals surface area (Å²) < 4.78 is 21.4. The van der Waals surface area contributed by atoms with Crippen LogP contribution in [0.2, 0.25) is 0 Å². The number of hydrogen-bond acceptors (Lipinski definition) is 6. The van der Waals surface area contributed by atoms with Crippen molar-refractivity contribution in [1.82, 2.24) is 15.6 Å². The van der Waals surface area contributed by atoms with Crippen molar-refractivity contribution in [2.75, 3.05) is 40.7 Å². The summed E-state index contributed by atoms with van der Waals surface area (Å²) in [4.78, 5) is 8.55. The molecule has 0 unspecified atom stereocenters. The maximum Gasteiger partial charge on any atom is 0.231 e. The number of guanidine groups is 1. The quantitative estimate of drug-likeness (QED) is 0.386. The second kappa shape index (κ2) is 10.4. The molecule has 0 fully saturated rings. The van der Waals surface area contributed by atoms with E-state index in [1.54, 1.807) is 20.4 Å². The summed E-state index contributed by atoms with van der Waals surface area (Å²) in [6.45, 7) is 2.57. The predicted octanol–water partition coefficient (Wildman–Crippen LogP) is 1.74. The molecular formula is C20H26N4O4. The molecule has 2 aromatic rings. The molecule has 2 heterocycles. The van der Waals surface area contributed by atoms with Crippen LogP contribution in [-0.4, -0.2) is 51.7 Å². The number of aliphatic imine (C=N–C) groups is 1. The maximum absolute atomic E-state index is 5.66. The SMILES string of the molecule is CN=C(NCCc1ccc2c(c1)OCO2)NCc1cccnc1OCCOC. The van der Waals surface area contributed by atoms with Crippen molar-refractivity contribution < 1.29 is 18.9 Å². The maximum atomic E-state index is 5.66. The van der Waals surface area contributed by atoms with Gasteiger partial charge in [0.25, 0.3) is 0 Å². The first-order chi connectivity index (χ1) is 13.8. The van der Waals surface area contributed by atoms with Crippen LogP contribution < -0.4 is 24.8 Å². The molecule has 1 aromatic carbocycles. The van der Waals surface area contributed by atoms with Gasteiger partial charge in [-0.2, -0.15) is 0 Å². The molecule has 0 saturated heterocycles. The highest BCUT2D eigenvalue weighted by Crippen LogP contribution is 2.32. The van der Waals surface area contributed by atoms with Crippen molar-refractivity contribution in [3.63, 3.8) is 0 Å². The Morgan fingerprint density at radius 3 is 2.93 bits per heavy atom. The van der Waals surface area contributed by atoms with E-state index in [4.69, 9.17) is 18.9 Å². The molecule has 0 spiro atoms. The topological polar surface area (TPSA) is 86.2 Å². The molecule has 0 atom stereocenters. The van der Waals surface area contributed by atoms with E-state index in [1.807, 2.05) is 30.3 Å². The van der Waals surface area contributed by atoms with E-state index >= 15 is 0 Å². The fourth-order valence-electron chi connectivity index (χ4n) is 2.73. The average Bonchev–Trinajstić information content (AvgIpc) is 3.19. The lowest BCUT2D eigenvalue weighted by Crippen LogP contribution is -2.38. The van der Waals surface area contributed by atoms with Gasteiger partial charge in [0.2, 0.25) is 12.7 Å². The number of fused-ring (bicyclic) bond motifs is 1. The van der Waals surface area contributed by atoms with E-state index < -0.39 is 0 Å². The summed E-state index contributed by atoms with van der Waals surface area (Å²) >= 11 is 0. The number of benzene rings is 1. The fraction of sp³-hybridized carbons (Fsp3) is 0.400. The third-order valence-corrected chi connectivity index (χ3v) is 4.19. The molecule has 1 aromatic heterocycles. The fourth-order valence-corrected chi connectivity index (χ4v) is 2.73. The molecule has 0 saturated carbocycles. The molecule has 8 heteroatoms. The van der Waals surface area contributed by atoms with Gasteiger partial charge in [-0.3, -0.25) is 4.99 Å². The monoisotopic (exact) mass is 386 g/mol. The van der Waals surface area contributed by atoms with Gasteiger partial charge >= 0.3 is 0 Å². The Balaban J connectivity index is 1.46. The molecule has 0 amide bonds. The van der Waals surface area contributed by atoms with Crippen molar-refractivity contribution in [3.05, 3.63) is 47.7 Å². The summed E-state index contributed by atoms with van der Waals surface area (Å²) in [7, 11) is 3.39. The van der Waals surface area contributed by atoms with Crippen LogP contribution in [0.15, 0.2) is 41.5 Å². The molecule has 8 nitrogen and oxygen atoms in total. The minimum absolute atomic E-state index is 0.291.